The number of nitrogens with zero attached hydrogens (tertiary/aromatic N) is 1. The molecule has 0 radical (unpaired) electrons. The van der Waals surface area contributed by atoms with Crippen LogP contribution in [-0.2, 0) is 30.8 Å². The van der Waals surface area contributed by atoms with Crippen LogP contribution in [0.3, 0.4) is 0 Å². The first-order chi connectivity index (χ1) is 19.7. The van der Waals surface area contributed by atoms with Crippen LogP contribution in [0, 0.1) is 0 Å². The van der Waals surface area contributed by atoms with Gasteiger partial charge in [0.25, 0.3) is 10.0 Å². The zero-order valence-corrected chi connectivity index (χ0v) is 24.5. The highest BCUT2D eigenvalue weighted by Crippen LogP contribution is 2.33. The molecule has 2 aromatic carbocycles. The normalized spacial score (nSPS) is 16.5. The number of benzene rings is 2. The summed E-state index contributed by atoms with van der Waals surface area (Å²) in [6.07, 6.45) is 1.82. The molecule has 0 bridgehead atoms. The first-order valence-electron chi connectivity index (χ1n) is 13.1. The number of aliphatic carboxylic acids is 1. The van der Waals surface area contributed by atoms with E-state index in [1.54, 1.807) is 56.0 Å². The standard InChI is InChI=1S/C29H33NO9S2/c1-36-25-14-12-20(17-26(25)37-2)11-13-24(21-7-5-8-22(18-21)38-19-27(31)32)39-29(33)23-9-3-4-15-30(23)41(34,35)28-10-6-16-40-28/h5-8,10,12,14,16-18,23-24H,3-4,9,11,13,15,19H2,1-2H3,(H,31,32)/t23?,24-/m1/s1. The highest BCUT2D eigenvalue weighted by Gasteiger charge is 2.40. The third-order valence-corrected chi connectivity index (χ3v) is 10.1. The molecule has 3 aromatic rings. The number of rotatable bonds is 13. The lowest BCUT2D eigenvalue weighted by Gasteiger charge is -2.33. The number of sulfonamides is 1. The predicted molar refractivity (Wildman–Crippen MR) is 152 cm³/mol. The lowest BCUT2D eigenvalue weighted by Crippen LogP contribution is -2.48. The van der Waals surface area contributed by atoms with Gasteiger partial charge in [0, 0.05) is 6.54 Å². The lowest BCUT2D eigenvalue weighted by atomic mass is 10.00. The van der Waals surface area contributed by atoms with Crippen molar-refractivity contribution in [2.45, 2.75) is 48.5 Å². The molecular formula is C29H33NO9S2. The average molecular weight is 604 g/mol. The van der Waals surface area contributed by atoms with E-state index in [1.807, 2.05) is 12.1 Å². The highest BCUT2D eigenvalue weighted by atomic mass is 32.2. The van der Waals surface area contributed by atoms with Crippen molar-refractivity contribution in [3.63, 3.8) is 0 Å². The molecule has 1 aliphatic rings. The van der Waals surface area contributed by atoms with Crippen molar-refractivity contribution in [3.05, 3.63) is 71.1 Å². The smallest absolute Gasteiger partial charge is 0.341 e. The van der Waals surface area contributed by atoms with E-state index in [0.29, 0.717) is 54.9 Å². The fraction of sp³-hybridized carbons (Fsp3) is 0.379. The van der Waals surface area contributed by atoms with Crippen LogP contribution in [0.5, 0.6) is 17.2 Å². The monoisotopic (exact) mass is 603 g/mol. The molecule has 1 aromatic heterocycles. The maximum atomic E-state index is 13.6. The first-order valence-corrected chi connectivity index (χ1v) is 15.5. The van der Waals surface area contributed by atoms with E-state index in [9.17, 15) is 18.0 Å². The molecular weight excluding hydrogens is 570 g/mol. The number of carboxylic acids is 1. The van der Waals surface area contributed by atoms with Gasteiger partial charge in [-0.05, 0) is 78.9 Å². The van der Waals surface area contributed by atoms with Crippen molar-refractivity contribution in [2.24, 2.45) is 0 Å². The summed E-state index contributed by atoms with van der Waals surface area (Å²) >= 11 is 1.11. The van der Waals surface area contributed by atoms with Gasteiger partial charge < -0.3 is 24.1 Å². The van der Waals surface area contributed by atoms with Crippen molar-refractivity contribution < 1.29 is 42.1 Å². The summed E-state index contributed by atoms with van der Waals surface area (Å²) in [7, 11) is -0.750. The van der Waals surface area contributed by atoms with Crippen molar-refractivity contribution in [3.8, 4) is 17.2 Å². The molecule has 1 saturated heterocycles. The minimum absolute atomic E-state index is 0.186. The van der Waals surface area contributed by atoms with E-state index in [4.69, 9.17) is 24.1 Å². The number of carbonyl (C=O) groups is 2. The second kappa shape index (κ2) is 13.8. The Morgan fingerprint density at radius 1 is 1.05 bits per heavy atom. The van der Waals surface area contributed by atoms with E-state index in [-0.39, 0.29) is 10.8 Å². The number of carboxylic acid groups (broad SMARTS) is 1. The zero-order chi connectivity index (χ0) is 29.4. The Bertz CT molecular complexity index is 1440. The minimum Gasteiger partial charge on any atom is -0.493 e. The molecule has 2 atom stereocenters. The van der Waals surface area contributed by atoms with E-state index in [1.165, 1.54) is 10.4 Å². The summed E-state index contributed by atoms with van der Waals surface area (Å²) in [6, 6.07) is 14.5. The second-order valence-electron chi connectivity index (χ2n) is 9.47. The van der Waals surface area contributed by atoms with Gasteiger partial charge in [0.15, 0.2) is 18.1 Å². The second-order valence-corrected chi connectivity index (χ2v) is 12.5. The van der Waals surface area contributed by atoms with Crippen LogP contribution in [0.2, 0.25) is 0 Å². The van der Waals surface area contributed by atoms with Gasteiger partial charge >= 0.3 is 11.9 Å². The molecule has 2 heterocycles. The number of hydrogen-bond acceptors (Lipinski definition) is 9. The van der Waals surface area contributed by atoms with Gasteiger partial charge in [0.1, 0.15) is 22.1 Å². The molecule has 4 rings (SSSR count). The SMILES string of the molecule is COc1ccc(CC[C@@H](OC(=O)C2CCCCN2S(=O)(=O)c2cccs2)c2cccc(OCC(=O)O)c2)cc1OC. The number of ether oxygens (including phenoxy) is 4. The molecule has 0 spiro atoms. The zero-order valence-electron chi connectivity index (χ0n) is 22.9. The van der Waals surface area contributed by atoms with Gasteiger partial charge in [-0.1, -0.05) is 24.3 Å². The number of aryl methyl sites for hydroxylation is 1. The highest BCUT2D eigenvalue weighted by molar-refractivity contribution is 7.91. The molecule has 0 aliphatic carbocycles. The quantitative estimate of drug-likeness (QED) is 0.277. The Morgan fingerprint density at radius 2 is 1.85 bits per heavy atom. The summed E-state index contributed by atoms with van der Waals surface area (Å²) in [5, 5.41) is 10.7. The molecule has 0 amide bonds. The Labute approximate surface area is 243 Å². The summed E-state index contributed by atoms with van der Waals surface area (Å²) in [5.41, 5.74) is 1.52. The molecule has 1 fully saturated rings. The minimum atomic E-state index is -3.86. The average Bonchev–Trinajstić information content (AvgIpc) is 3.54. The van der Waals surface area contributed by atoms with Crippen molar-refractivity contribution in [2.75, 3.05) is 27.4 Å². The van der Waals surface area contributed by atoms with Crippen molar-refractivity contribution in [1.82, 2.24) is 4.31 Å². The summed E-state index contributed by atoms with van der Waals surface area (Å²) in [6.45, 7) is -0.286. The van der Waals surface area contributed by atoms with Crippen LogP contribution < -0.4 is 14.2 Å². The molecule has 1 aliphatic heterocycles. The lowest BCUT2D eigenvalue weighted by molar-refractivity contribution is -0.155. The van der Waals surface area contributed by atoms with Gasteiger partial charge in [-0.3, -0.25) is 4.79 Å². The van der Waals surface area contributed by atoms with Gasteiger partial charge in [-0.25, -0.2) is 13.2 Å². The fourth-order valence-electron chi connectivity index (χ4n) is 4.75. The van der Waals surface area contributed by atoms with Crippen LogP contribution in [0.15, 0.2) is 64.2 Å². The van der Waals surface area contributed by atoms with Crippen LogP contribution in [0.4, 0.5) is 0 Å². The van der Waals surface area contributed by atoms with Crippen LogP contribution in [0.25, 0.3) is 0 Å². The fourth-order valence-corrected chi connectivity index (χ4v) is 7.52. The largest absolute Gasteiger partial charge is 0.493 e. The first kappa shape index (κ1) is 30.4. The molecule has 220 valence electrons. The summed E-state index contributed by atoms with van der Waals surface area (Å²) in [4.78, 5) is 24.6. The van der Waals surface area contributed by atoms with E-state index < -0.39 is 40.7 Å². The molecule has 10 nitrogen and oxygen atoms in total. The molecule has 41 heavy (non-hydrogen) atoms. The number of thiophene rings is 1. The predicted octanol–water partition coefficient (Wildman–Crippen LogP) is 4.69. The third kappa shape index (κ3) is 7.57. The van der Waals surface area contributed by atoms with E-state index in [2.05, 4.69) is 0 Å². The van der Waals surface area contributed by atoms with Gasteiger partial charge in [-0.15, -0.1) is 11.3 Å². The Balaban J connectivity index is 1.59. The molecule has 1 N–H and O–H groups in total. The van der Waals surface area contributed by atoms with Crippen molar-refractivity contribution >= 4 is 33.3 Å². The van der Waals surface area contributed by atoms with Crippen molar-refractivity contribution in [1.29, 1.82) is 0 Å². The Morgan fingerprint density at radius 3 is 2.56 bits per heavy atom. The van der Waals surface area contributed by atoms with Crippen LogP contribution in [0.1, 0.15) is 42.9 Å². The van der Waals surface area contributed by atoms with E-state index in [0.717, 1.165) is 16.9 Å². The number of esters is 1. The maximum Gasteiger partial charge on any atom is 0.341 e. The number of piperidine rings is 1. The van der Waals surface area contributed by atoms with Gasteiger partial charge in [0.05, 0.1) is 14.2 Å². The summed E-state index contributed by atoms with van der Waals surface area (Å²) < 4.78 is 50.3. The number of methoxy groups -OCH3 is 2. The maximum absolute atomic E-state index is 13.6. The molecule has 0 saturated carbocycles. The van der Waals surface area contributed by atoms with Crippen LogP contribution >= 0.6 is 11.3 Å². The third-order valence-electron chi connectivity index (χ3n) is 6.78. The van der Waals surface area contributed by atoms with Crippen LogP contribution in [-0.4, -0.2) is 63.2 Å². The van der Waals surface area contributed by atoms with Gasteiger partial charge in [-0.2, -0.15) is 4.31 Å². The number of hydrogen-bond donors (Lipinski definition) is 1. The molecule has 12 heteroatoms. The molecule has 1 unspecified atom stereocenters. The Hall–Kier alpha value is -3.61. The topological polar surface area (TPSA) is 129 Å². The summed E-state index contributed by atoms with van der Waals surface area (Å²) in [5.74, 6) is -0.266. The van der Waals surface area contributed by atoms with E-state index >= 15 is 0 Å². The van der Waals surface area contributed by atoms with Gasteiger partial charge in [0.2, 0.25) is 0 Å². The Kier molecular flexibility index (Phi) is 10.2. The number of carbonyl (C=O) groups excluding carboxylic acids is 1.